The smallest absolute Gasteiger partial charge is 0.125 e. The Kier molecular flexibility index (Phi) is 3.82. The molecular formula is C15H21BrO. The molecule has 94 valence electrons. The van der Waals surface area contributed by atoms with Gasteiger partial charge in [0.1, 0.15) is 5.75 Å². The Balaban J connectivity index is 2.56. The van der Waals surface area contributed by atoms with Gasteiger partial charge in [-0.3, -0.25) is 0 Å². The molecule has 2 rings (SSSR count). The highest BCUT2D eigenvalue weighted by atomic mass is 79.9. The summed E-state index contributed by atoms with van der Waals surface area (Å²) in [4.78, 5) is 0.476. The number of methoxy groups -OCH3 is 1. The zero-order valence-electron chi connectivity index (χ0n) is 11.1. The number of aryl methyl sites for hydroxylation is 2. The molecule has 0 amide bonds. The summed E-state index contributed by atoms with van der Waals surface area (Å²) in [6.45, 7) is 6.68. The van der Waals surface area contributed by atoms with Gasteiger partial charge in [0, 0.05) is 4.83 Å². The van der Waals surface area contributed by atoms with Crippen LogP contribution in [0.3, 0.4) is 0 Å². The number of rotatable bonds is 1. The largest absolute Gasteiger partial charge is 0.496 e. The molecule has 1 aliphatic carbocycles. The van der Waals surface area contributed by atoms with E-state index < -0.39 is 0 Å². The summed E-state index contributed by atoms with van der Waals surface area (Å²) < 4.78 is 5.54. The molecule has 0 spiro atoms. The van der Waals surface area contributed by atoms with E-state index in [0.29, 0.717) is 4.83 Å². The van der Waals surface area contributed by atoms with Crippen LogP contribution in [-0.4, -0.2) is 7.11 Å². The number of alkyl halides is 1. The van der Waals surface area contributed by atoms with Gasteiger partial charge in [-0.15, -0.1) is 0 Å². The van der Waals surface area contributed by atoms with Gasteiger partial charge in [-0.2, -0.15) is 0 Å². The summed E-state index contributed by atoms with van der Waals surface area (Å²) in [5.74, 6) is 1.85. The van der Waals surface area contributed by atoms with Crippen LogP contribution in [0.4, 0.5) is 0 Å². The minimum Gasteiger partial charge on any atom is -0.496 e. The van der Waals surface area contributed by atoms with Crippen molar-refractivity contribution in [2.75, 3.05) is 7.11 Å². The highest BCUT2D eigenvalue weighted by molar-refractivity contribution is 9.09. The Morgan fingerprint density at radius 2 is 2.06 bits per heavy atom. The van der Waals surface area contributed by atoms with Crippen LogP contribution in [0.25, 0.3) is 0 Å². The predicted molar refractivity (Wildman–Crippen MR) is 76.2 cm³/mol. The van der Waals surface area contributed by atoms with Gasteiger partial charge < -0.3 is 4.74 Å². The van der Waals surface area contributed by atoms with Crippen molar-refractivity contribution in [3.05, 3.63) is 28.3 Å². The molecule has 1 aromatic rings. The number of hydrogen-bond donors (Lipinski definition) is 0. The van der Waals surface area contributed by atoms with Crippen molar-refractivity contribution >= 4 is 15.9 Å². The first kappa shape index (κ1) is 12.9. The van der Waals surface area contributed by atoms with E-state index in [2.05, 4.69) is 42.8 Å². The van der Waals surface area contributed by atoms with Gasteiger partial charge in [0.15, 0.2) is 0 Å². The molecule has 2 unspecified atom stereocenters. The van der Waals surface area contributed by atoms with E-state index in [4.69, 9.17) is 4.74 Å². The Bertz CT molecular complexity index is 425. The predicted octanol–water partition coefficient (Wildman–Crippen LogP) is 4.72. The highest BCUT2D eigenvalue weighted by Crippen LogP contribution is 2.42. The van der Waals surface area contributed by atoms with E-state index in [-0.39, 0.29) is 0 Å². The average molecular weight is 297 g/mol. The van der Waals surface area contributed by atoms with Crippen molar-refractivity contribution in [2.24, 2.45) is 5.92 Å². The Morgan fingerprint density at radius 3 is 2.71 bits per heavy atom. The highest BCUT2D eigenvalue weighted by Gasteiger charge is 2.24. The van der Waals surface area contributed by atoms with Crippen molar-refractivity contribution in [3.63, 3.8) is 0 Å². The van der Waals surface area contributed by atoms with E-state index in [1.807, 2.05) is 0 Å². The maximum Gasteiger partial charge on any atom is 0.125 e. The second-order valence-electron chi connectivity index (χ2n) is 5.27. The molecule has 2 atom stereocenters. The maximum absolute atomic E-state index is 5.54. The molecule has 1 nitrogen and oxygen atoms in total. The quantitative estimate of drug-likeness (QED) is 0.538. The van der Waals surface area contributed by atoms with Gasteiger partial charge in [0.2, 0.25) is 0 Å². The van der Waals surface area contributed by atoms with Crippen LogP contribution in [0, 0.1) is 19.8 Å². The standard InChI is InChI=1S/C15H21BrO/c1-9-5-6-12-8-10(2)15(17-4)11(3)14(12)13(16)7-9/h8-9,13H,5-7H2,1-4H3. The van der Waals surface area contributed by atoms with Gasteiger partial charge in [0.25, 0.3) is 0 Å². The van der Waals surface area contributed by atoms with E-state index >= 15 is 0 Å². The molecule has 0 aliphatic heterocycles. The molecule has 0 saturated heterocycles. The molecule has 0 saturated carbocycles. The van der Waals surface area contributed by atoms with E-state index in [1.54, 1.807) is 7.11 Å². The fourth-order valence-corrected chi connectivity index (χ4v) is 4.29. The molecule has 0 bridgehead atoms. The number of hydrogen-bond acceptors (Lipinski definition) is 1. The van der Waals surface area contributed by atoms with Gasteiger partial charge in [-0.25, -0.2) is 0 Å². The van der Waals surface area contributed by atoms with E-state index in [1.165, 1.54) is 41.5 Å². The third kappa shape index (κ3) is 2.37. The molecule has 0 heterocycles. The fraction of sp³-hybridized carbons (Fsp3) is 0.600. The zero-order valence-corrected chi connectivity index (χ0v) is 12.7. The Hall–Kier alpha value is -0.500. The van der Waals surface area contributed by atoms with Crippen molar-refractivity contribution in [2.45, 2.75) is 44.9 Å². The zero-order chi connectivity index (χ0) is 12.6. The molecule has 2 heteroatoms. The molecule has 0 N–H and O–H groups in total. The van der Waals surface area contributed by atoms with Crippen molar-refractivity contribution in [1.82, 2.24) is 0 Å². The summed E-state index contributed by atoms with van der Waals surface area (Å²) >= 11 is 3.86. The monoisotopic (exact) mass is 296 g/mol. The van der Waals surface area contributed by atoms with Gasteiger partial charge in [0.05, 0.1) is 7.11 Å². The van der Waals surface area contributed by atoms with Crippen LogP contribution in [0.5, 0.6) is 5.75 Å². The summed E-state index contributed by atoms with van der Waals surface area (Å²) in [6, 6.07) is 2.31. The van der Waals surface area contributed by atoms with Gasteiger partial charge in [-0.05, 0) is 61.3 Å². The minimum absolute atomic E-state index is 0.476. The molecule has 0 aromatic heterocycles. The molecule has 0 radical (unpaired) electrons. The Labute approximate surface area is 113 Å². The topological polar surface area (TPSA) is 9.23 Å². The first-order valence-electron chi connectivity index (χ1n) is 6.35. The van der Waals surface area contributed by atoms with Crippen LogP contribution in [-0.2, 0) is 6.42 Å². The van der Waals surface area contributed by atoms with E-state index in [9.17, 15) is 0 Å². The summed E-state index contributed by atoms with van der Waals surface area (Å²) in [6.07, 6.45) is 3.71. The third-order valence-electron chi connectivity index (χ3n) is 3.87. The number of benzene rings is 1. The van der Waals surface area contributed by atoms with Crippen molar-refractivity contribution in [1.29, 1.82) is 0 Å². The molecule has 1 aliphatic rings. The lowest BCUT2D eigenvalue weighted by atomic mass is 9.94. The lowest BCUT2D eigenvalue weighted by Gasteiger charge is -2.19. The number of halogens is 1. The lowest BCUT2D eigenvalue weighted by Crippen LogP contribution is -2.02. The normalized spacial score (nSPS) is 24.1. The number of fused-ring (bicyclic) bond motifs is 1. The van der Waals surface area contributed by atoms with Gasteiger partial charge >= 0.3 is 0 Å². The summed E-state index contributed by atoms with van der Waals surface area (Å²) in [5, 5.41) is 0. The second kappa shape index (κ2) is 5.01. The van der Waals surface area contributed by atoms with Crippen LogP contribution in [0.1, 0.15) is 46.8 Å². The van der Waals surface area contributed by atoms with Crippen molar-refractivity contribution < 1.29 is 4.74 Å². The van der Waals surface area contributed by atoms with Crippen molar-refractivity contribution in [3.8, 4) is 5.75 Å². The average Bonchev–Trinajstić information content (AvgIpc) is 2.38. The second-order valence-corrected chi connectivity index (χ2v) is 6.38. The summed E-state index contributed by atoms with van der Waals surface area (Å²) in [7, 11) is 1.77. The molecular weight excluding hydrogens is 276 g/mol. The third-order valence-corrected chi connectivity index (χ3v) is 4.70. The first-order chi connectivity index (χ1) is 8.04. The SMILES string of the molecule is COc1c(C)cc2c(c1C)C(Br)CC(C)CC2. The van der Waals surface area contributed by atoms with Crippen LogP contribution in [0.15, 0.2) is 6.07 Å². The lowest BCUT2D eigenvalue weighted by molar-refractivity contribution is 0.407. The molecule has 17 heavy (non-hydrogen) atoms. The van der Waals surface area contributed by atoms with Crippen LogP contribution >= 0.6 is 15.9 Å². The van der Waals surface area contributed by atoms with Crippen LogP contribution < -0.4 is 4.74 Å². The Morgan fingerprint density at radius 1 is 1.35 bits per heavy atom. The summed E-state index contributed by atoms with van der Waals surface area (Å²) in [5.41, 5.74) is 5.56. The minimum atomic E-state index is 0.476. The molecule has 0 fully saturated rings. The maximum atomic E-state index is 5.54. The van der Waals surface area contributed by atoms with E-state index in [0.717, 1.165) is 11.7 Å². The fourth-order valence-electron chi connectivity index (χ4n) is 3.01. The van der Waals surface area contributed by atoms with Crippen LogP contribution in [0.2, 0.25) is 0 Å². The first-order valence-corrected chi connectivity index (χ1v) is 7.27. The number of ether oxygens (including phenoxy) is 1. The molecule has 1 aromatic carbocycles. The van der Waals surface area contributed by atoms with Gasteiger partial charge in [-0.1, -0.05) is 28.9 Å².